The Balaban J connectivity index is 1.49. The van der Waals surface area contributed by atoms with Crippen molar-refractivity contribution in [3.8, 4) is 11.1 Å². The van der Waals surface area contributed by atoms with E-state index in [0.29, 0.717) is 0 Å². The van der Waals surface area contributed by atoms with Crippen LogP contribution in [0.4, 0.5) is 0 Å². The maximum absolute atomic E-state index is 2.42. The van der Waals surface area contributed by atoms with Crippen molar-refractivity contribution in [1.29, 1.82) is 0 Å². The molecule has 0 bridgehead atoms. The van der Waals surface area contributed by atoms with Crippen LogP contribution in [0.2, 0.25) is 0 Å². The summed E-state index contributed by atoms with van der Waals surface area (Å²) in [5.74, 6) is 0. The molecule has 0 saturated carbocycles. The summed E-state index contributed by atoms with van der Waals surface area (Å²) in [5, 5.41) is 2.73. The fourth-order valence-electron chi connectivity index (χ4n) is 4.51. The second kappa shape index (κ2) is 7.60. The summed E-state index contributed by atoms with van der Waals surface area (Å²) >= 11 is 0. The molecule has 0 N–H and O–H groups in total. The van der Waals surface area contributed by atoms with Gasteiger partial charge in [0.1, 0.15) is 0 Å². The van der Waals surface area contributed by atoms with Crippen LogP contribution in [0.5, 0.6) is 0 Å². The zero-order chi connectivity index (χ0) is 19.6. The van der Waals surface area contributed by atoms with Crippen molar-refractivity contribution in [3.05, 3.63) is 108 Å². The van der Waals surface area contributed by atoms with Gasteiger partial charge in [-0.3, -0.25) is 0 Å². The zero-order valence-electron chi connectivity index (χ0n) is 16.8. The molecule has 0 aliphatic heterocycles. The fourth-order valence-corrected chi connectivity index (χ4v) is 4.51. The van der Waals surface area contributed by atoms with Crippen LogP contribution in [-0.4, -0.2) is 4.57 Å². The summed E-state index contributed by atoms with van der Waals surface area (Å²) in [6, 6.07) is 35.3. The van der Waals surface area contributed by atoms with Gasteiger partial charge in [0.25, 0.3) is 0 Å². The summed E-state index contributed by atoms with van der Waals surface area (Å²) in [6.07, 6.45) is 2.09. The number of fused-ring (bicyclic) bond motifs is 3. The Hall–Kier alpha value is -3.32. The van der Waals surface area contributed by atoms with E-state index < -0.39 is 0 Å². The standard InChI is InChI=1S/C28H25N/c1-2-29-27-15-9-8-14-25(27)26-20-21(17-19-28(26)29)16-18-23-12-6-7-13-24(23)22-10-4-3-5-11-22/h3-15,17,19-20H,2,16,18H2,1H3. The quantitative estimate of drug-likeness (QED) is 0.304. The predicted octanol–water partition coefficient (Wildman–Crippen LogP) is 7.27. The fraction of sp³-hybridized carbons (Fsp3) is 0.143. The number of hydrogen-bond donors (Lipinski definition) is 0. The number of nitrogens with zero attached hydrogens (tertiary/aromatic N) is 1. The Morgan fingerprint density at radius 2 is 1.34 bits per heavy atom. The minimum atomic E-state index is 0.994. The number of rotatable bonds is 5. The predicted molar refractivity (Wildman–Crippen MR) is 124 cm³/mol. The Bertz CT molecular complexity index is 1280. The smallest absolute Gasteiger partial charge is 0.0491 e. The van der Waals surface area contributed by atoms with E-state index in [1.165, 1.54) is 44.1 Å². The van der Waals surface area contributed by atoms with Gasteiger partial charge < -0.3 is 4.57 Å². The third kappa shape index (κ3) is 3.23. The Morgan fingerprint density at radius 3 is 2.21 bits per heavy atom. The van der Waals surface area contributed by atoms with Crippen molar-refractivity contribution in [1.82, 2.24) is 4.57 Å². The maximum Gasteiger partial charge on any atom is 0.0491 e. The zero-order valence-corrected chi connectivity index (χ0v) is 16.8. The highest BCUT2D eigenvalue weighted by Crippen LogP contribution is 2.30. The minimum Gasteiger partial charge on any atom is -0.341 e. The van der Waals surface area contributed by atoms with E-state index in [1.54, 1.807) is 0 Å². The molecule has 142 valence electrons. The normalized spacial score (nSPS) is 11.3. The van der Waals surface area contributed by atoms with E-state index in [2.05, 4.69) is 109 Å². The van der Waals surface area contributed by atoms with E-state index in [-0.39, 0.29) is 0 Å². The third-order valence-electron chi connectivity index (χ3n) is 5.94. The monoisotopic (exact) mass is 375 g/mol. The topological polar surface area (TPSA) is 4.93 Å². The molecule has 5 rings (SSSR count). The van der Waals surface area contributed by atoms with Crippen LogP contribution >= 0.6 is 0 Å². The Morgan fingerprint density at radius 1 is 0.621 bits per heavy atom. The van der Waals surface area contributed by atoms with Crippen molar-refractivity contribution in [2.45, 2.75) is 26.3 Å². The van der Waals surface area contributed by atoms with Crippen LogP contribution in [-0.2, 0) is 19.4 Å². The highest BCUT2D eigenvalue weighted by atomic mass is 15.0. The molecule has 4 aromatic carbocycles. The molecule has 0 spiro atoms. The maximum atomic E-state index is 2.42. The molecule has 0 aliphatic rings. The number of aromatic nitrogens is 1. The van der Waals surface area contributed by atoms with Crippen LogP contribution in [0.3, 0.4) is 0 Å². The molecular formula is C28H25N. The number of benzene rings is 4. The molecule has 1 nitrogen and oxygen atoms in total. The van der Waals surface area contributed by atoms with E-state index in [0.717, 1.165) is 19.4 Å². The molecule has 1 aromatic heterocycles. The summed E-state index contributed by atoms with van der Waals surface area (Å²) in [6.45, 7) is 3.22. The van der Waals surface area contributed by atoms with Crippen molar-refractivity contribution >= 4 is 21.8 Å². The van der Waals surface area contributed by atoms with Crippen molar-refractivity contribution in [2.75, 3.05) is 0 Å². The summed E-state index contributed by atoms with van der Waals surface area (Å²) in [5.41, 5.74) is 8.12. The first-order valence-electron chi connectivity index (χ1n) is 10.5. The molecule has 0 aliphatic carbocycles. The van der Waals surface area contributed by atoms with Crippen LogP contribution in [0.15, 0.2) is 97.1 Å². The molecule has 0 atom stereocenters. The van der Waals surface area contributed by atoms with Gasteiger partial charge in [-0.25, -0.2) is 0 Å². The van der Waals surface area contributed by atoms with Crippen LogP contribution < -0.4 is 0 Å². The highest BCUT2D eigenvalue weighted by Gasteiger charge is 2.10. The van der Waals surface area contributed by atoms with E-state index in [1.807, 2.05) is 0 Å². The highest BCUT2D eigenvalue weighted by molar-refractivity contribution is 6.08. The SMILES string of the molecule is CCn1c2ccccc2c2cc(CCc3ccccc3-c3ccccc3)ccc21. The van der Waals surface area contributed by atoms with Crippen LogP contribution in [0.1, 0.15) is 18.1 Å². The van der Waals surface area contributed by atoms with Crippen LogP contribution in [0, 0.1) is 0 Å². The first-order valence-corrected chi connectivity index (χ1v) is 10.5. The molecule has 5 aromatic rings. The first-order chi connectivity index (χ1) is 14.3. The molecular weight excluding hydrogens is 350 g/mol. The van der Waals surface area contributed by atoms with E-state index >= 15 is 0 Å². The van der Waals surface area contributed by atoms with Gasteiger partial charge in [-0.05, 0) is 60.2 Å². The summed E-state index contributed by atoms with van der Waals surface area (Å²) < 4.78 is 2.42. The molecule has 0 radical (unpaired) electrons. The van der Waals surface area contributed by atoms with Gasteiger partial charge in [0.15, 0.2) is 0 Å². The lowest BCUT2D eigenvalue weighted by molar-refractivity contribution is 0.827. The van der Waals surface area contributed by atoms with Gasteiger partial charge >= 0.3 is 0 Å². The van der Waals surface area contributed by atoms with Gasteiger partial charge in [-0.2, -0.15) is 0 Å². The van der Waals surface area contributed by atoms with Crippen LogP contribution in [0.25, 0.3) is 32.9 Å². The van der Waals surface area contributed by atoms with Crippen molar-refractivity contribution < 1.29 is 0 Å². The summed E-state index contributed by atoms with van der Waals surface area (Å²) in [4.78, 5) is 0. The van der Waals surface area contributed by atoms with Gasteiger partial charge in [0, 0.05) is 28.4 Å². The van der Waals surface area contributed by atoms with E-state index in [4.69, 9.17) is 0 Å². The van der Waals surface area contributed by atoms with Crippen molar-refractivity contribution in [3.63, 3.8) is 0 Å². The lowest BCUT2D eigenvalue weighted by atomic mass is 9.95. The Kier molecular flexibility index (Phi) is 4.65. The summed E-state index contributed by atoms with van der Waals surface area (Å²) in [7, 11) is 0. The van der Waals surface area contributed by atoms with Gasteiger partial charge in [0.2, 0.25) is 0 Å². The van der Waals surface area contributed by atoms with Gasteiger partial charge in [0.05, 0.1) is 0 Å². The lowest BCUT2D eigenvalue weighted by Gasteiger charge is -2.10. The lowest BCUT2D eigenvalue weighted by Crippen LogP contribution is -1.95. The second-order valence-corrected chi connectivity index (χ2v) is 7.64. The largest absolute Gasteiger partial charge is 0.341 e. The number of para-hydroxylation sites is 1. The Labute approximate surface area is 172 Å². The third-order valence-corrected chi connectivity index (χ3v) is 5.94. The minimum absolute atomic E-state index is 0.994. The number of aryl methyl sites for hydroxylation is 3. The molecule has 29 heavy (non-hydrogen) atoms. The first kappa shape index (κ1) is 17.8. The molecule has 1 heteroatoms. The average Bonchev–Trinajstić information content (AvgIpc) is 3.11. The molecule has 0 saturated heterocycles. The van der Waals surface area contributed by atoms with Gasteiger partial charge in [-0.15, -0.1) is 0 Å². The second-order valence-electron chi connectivity index (χ2n) is 7.64. The molecule has 0 amide bonds. The molecule has 0 fully saturated rings. The van der Waals surface area contributed by atoms with E-state index in [9.17, 15) is 0 Å². The molecule has 0 unspecified atom stereocenters. The number of hydrogen-bond acceptors (Lipinski definition) is 0. The average molecular weight is 376 g/mol. The van der Waals surface area contributed by atoms with Gasteiger partial charge in [-0.1, -0.05) is 78.9 Å². The van der Waals surface area contributed by atoms with Crippen molar-refractivity contribution in [2.24, 2.45) is 0 Å². The molecule has 1 heterocycles.